The minimum Gasteiger partial charge on any atom is -0.543 e. The van der Waals surface area contributed by atoms with Crippen LogP contribution in [0.3, 0.4) is 0 Å². The molecule has 0 amide bonds. The standard InChI is InChI=1S/C17H30ClNO2Si2/c1-17(2,3)14-10-13(12-19-21-23(7,8)9)16(15(18)11-14)20-22(4,5)6/h10-12H,1-9H3. The van der Waals surface area contributed by atoms with Crippen LogP contribution in [0.1, 0.15) is 31.9 Å². The van der Waals surface area contributed by atoms with Gasteiger partial charge in [0.15, 0.2) is 0 Å². The van der Waals surface area contributed by atoms with Crippen molar-refractivity contribution in [1.29, 1.82) is 0 Å². The van der Waals surface area contributed by atoms with Crippen LogP contribution in [-0.2, 0) is 9.94 Å². The molecule has 1 rings (SSSR count). The molecule has 0 aliphatic heterocycles. The highest BCUT2D eigenvalue weighted by molar-refractivity contribution is 6.70. The van der Waals surface area contributed by atoms with Crippen LogP contribution in [0.5, 0.6) is 5.75 Å². The first-order valence-corrected chi connectivity index (χ1v) is 15.1. The molecular weight excluding hydrogens is 342 g/mol. The minimum atomic E-state index is -1.78. The molecule has 0 fully saturated rings. The molecule has 0 saturated heterocycles. The molecule has 0 unspecified atom stereocenters. The summed E-state index contributed by atoms with van der Waals surface area (Å²) in [7, 11) is -3.48. The second kappa shape index (κ2) is 6.99. The van der Waals surface area contributed by atoms with Gasteiger partial charge < -0.3 is 8.95 Å². The van der Waals surface area contributed by atoms with Crippen LogP contribution in [0, 0.1) is 0 Å². The maximum atomic E-state index is 6.52. The van der Waals surface area contributed by atoms with Gasteiger partial charge in [-0.25, -0.2) is 0 Å². The maximum absolute atomic E-state index is 6.52. The fraction of sp³-hybridized carbons (Fsp3) is 0.588. The predicted molar refractivity (Wildman–Crippen MR) is 106 cm³/mol. The Labute approximate surface area is 148 Å². The molecule has 0 bridgehead atoms. The molecule has 0 N–H and O–H groups in total. The van der Waals surface area contributed by atoms with Crippen molar-refractivity contribution in [3.05, 3.63) is 28.3 Å². The van der Waals surface area contributed by atoms with E-state index < -0.39 is 16.6 Å². The number of hydrogen-bond acceptors (Lipinski definition) is 3. The van der Waals surface area contributed by atoms with E-state index >= 15 is 0 Å². The number of rotatable bonds is 5. The first kappa shape index (κ1) is 20.3. The van der Waals surface area contributed by atoms with Gasteiger partial charge in [-0.2, -0.15) is 0 Å². The second-order valence-electron chi connectivity index (χ2n) is 8.78. The van der Waals surface area contributed by atoms with Crippen LogP contribution < -0.4 is 4.43 Å². The molecule has 1 aromatic carbocycles. The average Bonchev–Trinajstić information content (AvgIpc) is 2.28. The third kappa shape index (κ3) is 7.10. The van der Waals surface area contributed by atoms with Gasteiger partial charge in [-0.3, -0.25) is 0 Å². The summed E-state index contributed by atoms with van der Waals surface area (Å²) >= 11 is 6.52. The van der Waals surface area contributed by atoms with Crippen LogP contribution in [0.15, 0.2) is 17.3 Å². The zero-order chi connectivity index (χ0) is 18.1. The van der Waals surface area contributed by atoms with Gasteiger partial charge in [0.2, 0.25) is 8.32 Å². The Morgan fingerprint density at radius 1 is 1.00 bits per heavy atom. The lowest BCUT2D eigenvalue weighted by Crippen LogP contribution is -2.30. The van der Waals surface area contributed by atoms with E-state index in [0.29, 0.717) is 10.8 Å². The first-order valence-electron chi connectivity index (χ1n) is 7.94. The van der Waals surface area contributed by atoms with Gasteiger partial charge in [0.1, 0.15) is 5.75 Å². The molecule has 0 saturated carbocycles. The fourth-order valence-electron chi connectivity index (χ4n) is 1.80. The van der Waals surface area contributed by atoms with Crippen LogP contribution in [0.2, 0.25) is 44.3 Å². The molecule has 0 heterocycles. The molecule has 23 heavy (non-hydrogen) atoms. The topological polar surface area (TPSA) is 30.8 Å². The fourth-order valence-corrected chi connectivity index (χ4v) is 3.34. The Morgan fingerprint density at radius 3 is 2.00 bits per heavy atom. The van der Waals surface area contributed by atoms with Crippen LogP contribution >= 0.6 is 11.6 Å². The van der Waals surface area contributed by atoms with Gasteiger partial charge in [0, 0.05) is 5.56 Å². The SMILES string of the molecule is CC(C)(C)c1cc(Cl)c(O[Si](C)(C)C)c(C=NO[Si](C)(C)C)c1. The Balaban J connectivity index is 3.33. The molecule has 0 aromatic heterocycles. The zero-order valence-electron chi connectivity index (χ0n) is 15.9. The summed E-state index contributed by atoms with van der Waals surface area (Å²) in [6.45, 7) is 19.2. The van der Waals surface area contributed by atoms with E-state index in [9.17, 15) is 0 Å². The highest BCUT2D eigenvalue weighted by Crippen LogP contribution is 2.35. The largest absolute Gasteiger partial charge is 0.543 e. The summed E-state index contributed by atoms with van der Waals surface area (Å²) in [5.74, 6) is 0.710. The van der Waals surface area contributed by atoms with Gasteiger partial charge in [-0.05, 0) is 62.4 Å². The lowest BCUT2D eigenvalue weighted by Gasteiger charge is -2.25. The van der Waals surface area contributed by atoms with E-state index in [1.165, 1.54) is 0 Å². The van der Waals surface area contributed by atoms with Crippen molar-refractivity contribution in [2.24, 2.45) is 5.16 Å². The summed E-state index contributed by atoms with van der Waals surface area (Å²) in [5, 5.41) is 4.81. The van der Waals surface area contributed by atoms with Crippen molar-refractivity contribution in [1.82, 2.24) is 0 Å². The van der Waals surface area contributed by atoms with Crippen LogP contribution in [0.25, 0.3) is 0 Å². The van der Waals surface area contributed by atoms with E-state index in [4.69, 9.17) is 20.6 Å². The number of hydrogen-bond donors (Lipinski definition) is 0. The van der Waals surface area contributed by atoms with Gasteiger partial charge in [0.25, 0.3) is 8.32 Å². The van der Waals surface area contributed by atoms with E-state index in [1.54, 1.807) is 6.21 Å². The summed E-state index contributed by atoms with van der Waals surface area (Å²) in [6, 6.07) is 4.09. The Morgan fingerprint density at radius 2 is 1.57 bits per heavy atom. The quantitative estimate of drug-likeness (QED) is 0.359. The highest BCUT2D eigenvalue weighted by Gasteiger charge is 2.23. The third-order valence-corrected chi connectivity index (χ3v) is 4.62. The second-order valence-corrected chi connectivity index (χ2v) is 18.0. The lowest BCUT2D eigenvalue weighted by molar-refractivity contribution is 0.338. The molecule has 0 atom stereocenters. The predicted octanol–water partition coefficient (Wildman–Crippen LogP) is 6.04. The third-order valence-electron chi connectivity index (χ3n) is 2.86. The van der Waals surface area contributed by atoms with Gasteiger partial charge in [-0.1, -0.05) is 32.4 Å². The van der Waals surface area contributed by atoms with E-state index in [-0.39, 0.29) is 5.41 Å². The Kier molecular flexibility index (Phi) is 6.16. The van der Waals surface area contributed by atoms with Crippen molar-refractivity contribution < 1.29 is 8.95 Å². The number of nitrogens with zero attached hydrogens (tertiary/aromatic N) is 1. The molecule has 3 nitrogen and oxygen atoms in total. The molecule has 0 aliphatic rings. The van der Waals surface area contributed by atoms with Crippen molar-refractivity contribution in [2.75, 3.05) is 0 Å². The maximum Gasteiger partial charge on any atom is 0.278 e. The number of benzene rings is 1. The van der Waals surface area contributed by atoms with Gasteiger partial charge in [-0.15, -0.1) is 5.16 Å². The summed E-state index contributed by atoms with van der Waals surface area (Å²) in [5.41, 5.74) is 2.03. The van der Waals surface area contributed by atoms with E-state index in [1.807, 2.05) is 6.07 Å². The lowest BCUT2D eigenvalue weighted by atomic mass is 9.86. The summed E-state index contributed by atoms with van der Waals surface area (Å²) in [4.78, 5) is 0. The van der Waals surface area contributed by atoms with Crippen LogP contribution in [0.4, 0.5) is 0 Å². The minimum absolute atomic E-state index is 0.00353. The molecule has 0 radical (unpaired) electrons. The zero-order valence-corrected chi connectivity index (χ0v) is 18.6. The molecular formula is C17H30ClNO2Si2. The molecule has 0 aliphatic carbocycles. The van der Waals surface area contributed by atoms with E-state index in [0.717, 1.165) is 11.1 Å². The Bertz CT molecular complexity index is 582. The number of halogens is 1. The van der Waals surface area contributed by atoms with E-state index in [2.05, 4.69) is 71.3 Å². The van der Waals surface area contributed by atoms with Crippen molar-refractivity contribution in [3.63, 3.8) is 0 Å². The van der Waals surface area contributed by atoms with Gasteiger partial charge in [0.05, 0.1) is 11.2 Å². The molecule has 6 heteroatoms. The van der Waals surface area contributed by atoms with Crippen molar-refractivity contribution >= 4 is 34.5 Å². The summed E-state index contributed by atoms with van der Waals surface area (Å²) in [6.07, 6.45) is 1.73. The van der Waals surface area contributed by atoms with Gasteiger partial charge >= 0.3 is 0 Å². The van der Waals surface area contributed by atoms with Crippen molar-refractivity contribution in [3.8, 4) is 5.75 Å². The molecule has 0 spiro atoms. The van der Waals surface area contributed by atoms with Crippen molar-refractivity contribution in [2.45, 2.75) is 65.5 Å². The first-order chi connectivity index (χ1) is 10.2. The Hall–Kier alpha value is -0.786. The average molecular weight is 372 g/mol. The number of oxime groups is 1. The monoisotopic (exact) mass is 371 g/mol. The highest BCUT2D eigenvalue weighted by atomic mass is 35.5. The molecule has 1 aromatic rings. The molecule has 130 valence electrons. The normalized spacial score (nSPS) is 13.5. The summed E-state index contributed by atoms with van der Waals surface area (Å²) < 4.78 is 11.8. The van der Waals surface area contributed by atoms with Crippen LogP contribution in [-0.4, -0.2) is 22.8 Å². The smallest absolute Gasteiger partial charge is 0.278 e.